The fraction of sp³-hybridized carbons (Fsp3) is 0.259. The fourth-order valence-corrected chi connectivity index (χ4v) is 3.98. The molecule has 0 unspecified atom stereocenters. The molecule has 0 saturated heterocycles. The lowest BCUT2D eigenvalue weighted by molar-refractivity contribution is -0.140. The van der Waals surface area contributed by atoms with Gasteiger partial charge in [0.25, 0.3) is 0 Å². The SMILES string of the molecule is CCNC(=O)[C@@H](Cc1ccccc1)N(Cc1ccc(Cl)c(Cl)c1)C(=O)Cc1ccc(C)cc1. The molecule has 0 aliphatic carbocycles. The minimum Gasteiger partial charge on any atom is -0.355 e. The van der Waals surface area contributed by atoms with Gasteiger partial charge < -0.3 is 10.2 Å². The minimum atomic E-state index is -0.667. The molecule has 3 aromatic rings. The van der Waals surface area contributed by atoms with E-state index >= 15 is 0 Å². The second kappa shape index (κ2) is 11.9. The third-order valence-corrected chi connectivity index (χ3v) is 6.17. The number of aryl methyl sites for hydroxylation is 1. The van der Waals surface area contributed by atoms with Crippen molar-refractivity contribution in [1.82, 2.24) is 10.2 Å². The molecule has 0 heterocycles. The maximum Gasteiger partial charge on any atom is 0.243 e. The molecule has 0 fully saturated rings. The molecule has 0 saturated carbocycles. The number of likely N-dealkylation sites (N-methyl/N-ethyl adjacent to an activating group) is 1. The molecule has 4 nitrogen and oxygen atoms in total. The summed E-state index contributed by atoms with van der Waals surface area (Å²) in [4.78, 5) is 28.4. The lowest BCUT2D eigenvalue weighted by Crippen LogP contribution is -2.50. The van der Waals surface area contributed by atoms with Crippen LogP contribution in [0.1, 0.15) is 29.2 Å². The summed E-state index contributed by atoms with van der Waals surface area (Å²) in [5, 5.41) is 3.76. The van der Waals surface area contributed by atoms with Crippen molar-refractivity contribution in [2.75, 3.05) is 6.54 Å². The number of carbonyl (C=O) groups excluding carboxylic acids is 2. The monoisotopic (exact) mass is 482 g/mol. The van der Waals surface area contributed by atoms with Gasteiger partial charge in [0.1, 0.15) is 6.04 Å². The predicted octanol–water partition coefficient (Wildman–Crippen LogP) is 5.62. The average Bonchev–Trinajstić information content (AvgIpc) is 2.80. The highest BCUT2D eigenvalue weighted by molar-refractivity contribution is 6.42. The zero-order valence-electron chi connectivity index (χ0n) is 18.9. The average molecular weight is 483 g/mol. The van der Waals surface area contributed by atoms with E-state index in [9.17, 15) is 9.59 Å². The van der Waals surface area contributed by atoms with Crippen LogP contribution >= 0.6 is 23.2 Å². The molecule has 0 aliphatic heterocycles. The summed E-state index contributed by atoms with van der Waals surface area (Å²) >= 11 is 12.3. The van der Waals surface area contributed by atoms with E-state index in [0.717, 1.165) is 22.3 Å². The van der Waals surface area contributed by atoms with Crippen LogP contribution in [0.5, 0.6) is 0 Å². The number of amides is 2. The Morgan fingerprint density at radius 2 is 1.55 bits per heavy atom. The van der Waals surface area contributed by atoms with E-state index in [-0.39, 0.29) is 24.8 Å². The molecule has 0 radical (unpaired) electrons. The highest BCUT2D eigenvalue weighted by Gasteiger charge is 2.30. The van der Waals surface area contributed by atoms with Gasteiger partial charge in [0.2, 0.25) is 11.8 Å². The zero-order valence-corrected chi connectivity index (χ0v) is 20.4. The van der Waals surface area contributed by atoms with Crippen LogP contribution in [0.15, 0.2) is 72.8 Å². The third kappa shape index (κ3) is 7.08. The maximum absolute atomic E-state index is 13.6. The molecule has 0 aliphatic rings. The molecule has 6 heteroatoms. The normalized spacial score (nSPS) is 11.6. The number of nitrogens with zero attached hydrogens (tertiary/aromatic N) is 1. The Balaban J connectivity index is 1.96. The largest absolute Gasteiger partial charge is 0.355 e. The molecule has 0 bridgehead atoms. The van der Waals surface area contributed by atoms with E-state index in [0.29, 0.717) is 23.0 Å². The Labute approximate surface area is 205 Å². The van der Waals surface area contributed by atoms with Crippen molar-refractivity contribution in [2.45, 2.75) is 39.3 Å². The van der Waals surface area contributed by atoms with Gasteiger partial charge in [-0.3, -0.25) is 9.59 Å². The van der Waals surface area contributed by atoms with E-state index in [2.05, 4.69) is 5.32 Å². The number of halogens is 2. The van der Waals surface area contributed by atoms with Gasteiger partial charge in [-0.15, -0.1) is 0 Å². The van der Waals surface area contributed by atoms with Crippen molar-refractivity contribution < 1.29 is 9.59 Å². The number of hydrogen-bond donors (Lipinski definition) is 1. The highest BCUT2D eigenvalue weighted by atomic mass is 35.5. The number of benzene rings is 3. The van der Waals surface area contributed by atoms with E-state index < -0.39 is 6.04 Å². The Kier molecular flexibility index (Phi) is 8.93. The van der Waals surface area contributed by atoms with Crippen molar-refractivity contribution in [3.05, 3.63) is 105 Å². The summed E-state index contributed by atoms with van der Waals surface area (Å²) in [5.41, 5.74) is 3.82. The second-order valence-electron chi connectivity index (χ2n) is 8.03. The Hall–Kier alpha value is -2.82. The number of rotatable bonds is 9. The lowest BCUT2D eigenvalue weighted by Gasteiger charge is -2.31. The molecule has 33 heavy (non-hydrogen) atoms. The Bertz CT molecular complexity index is 1090. The smallest absolute Gasteiger partial charge is 0.243 e. The maximum atomic E-state index is 13.6. The molecule has 1 N–H and O–H groups in total. The molecule has 172 valence electrons. The summed E-state index contributed by atoms with van der Waals surface area (Å²) < 4.78 is 0. The first-order valence-corrected chi connectivity index (χ1v) is 11.7. The molecule has 1 atom stereocenters. The summed E-state index contributed by atoms with van der Waals surface area (Å²) in [5.74, 6) is -0.309. The highest BCUT2D eigenvalue weighted by Crippen LogP contribution is 2.24. The van der Waals surface area contributed by atoms with Gasteiger partial charge in [0.15, 0.2) is 0 Å². The first kappa shape index (κ1) is 24.8. The van der Waals surface area contributed by atoms with E-state index in [4.69, 9.17) is 23.2 Å². The summed E-state index contributed by atoms with van der Waals surface area (Å²) in [6.45, 7) is 4.61. The van der Waals surface area contributed by atoms with Gasteiger partial charge in [0.05, 0.1) is 16.5 Å². The number of carbonyl (C=O) groups is 2. The van der Waals surface area contributed by atoms with Gasteiger partial charge >= 0.3 is 0 Å². The molecule has 3 aromatic carbocycles. The van der Waals surface area contributed by atoms with E-state index in [1.54, 1.807) is 17.0 Å². The Morgan fingerprint density at radius 1 is 0.879 bits per heavy atom. The van der Waals surface area contributed by atoms with Gasteiger partial charge in [-0.25, -0.2) is 0 Å². The van der Waals surface area contributed by atoms with Crippen LogP contribution in [0.25, 0.3) is 0 Å². The van der Waals surface area contributed by atoms with Gasteiger partial charge in [0, 0.05) is 19.5 Å². The topological polar surface area (TPSA) is 49.4 Å². The molecule has 2 amide bonds. The molecular weight excluding hydrogens is 455 g/mol. The fourth-order valence-electron chi connectivity index (χ4n) is 3.66. The van der Waals surface area contributed by atoms with E-state index in [1.807, 2.05) is 74.5 Å². The van der Waals surface area contributed by atoms with Crippen molar-refractivity contribution in [3.8, 4) is 0 Å². The van der Waals surface area contributed by atoms with Gasteiger partial charge in [-0.1, -0.05) is 89.4 Å². The van der Waals surface area contributed by atoms with Crippen LogP contribution in [0.4, 0.5) is 0 Å². The van der Waals surface area contributed by atoms with Crippen LogP contribution < -0.4 is 5.32 Å². The van der Waals surface area contributed by atoms with Crippen LogP contribution in [0, 0.1) is 6.92 Å². The summed E-state index contributed by atoms with van der Waals surface area (Å²) in [6.07, 6.45) is 0.611. The molecule has 3 rings (SSSR count). The second-order valence-corrected chi connectivity index (χ2v) is 8.85. The first-order chi connectivity index (χ1) is 15.9. The molecular formula is C27H28Cl2N2O2. The molecule has 0 spiro atoms. The zero-order chi connectivity index (χ0) is 23.8. The number of nitrogens with one attached hydrogen (secondary N) is 1. The third-order valence-electron chi connectivity index (χ3n) is 5.43. The quantitative estimate of drug-likeness (QED) is 0.430. The van der Waals surface area contributed by atoms with Gasteiger partial charge in [-0.05, 0) is 42.7 Å². The van der Waals surface area contributed by atoms with Crippen LogP contribution in [-0.4, -0.2) is 29.3 Å². The van der Waals surface area contributed by atoms with E-state index in [1.165, 1.54) is 0 Å². The lowest BCUT2D eigenvalue weighted by atomic mass is 10.0. The Morgan fingerprint density at radius 3 is 2.18 bits per heavy atom. The summed E-state index contributed by atoms with van der Waals surface area (Å²) in [6, 6.07) is 22.2. The summed E-state index contributed by atoms with van der Waals surface area (Å²) in [7, 11) is 0. The van der Waals surface area contributed by atoms with Crippen molar-refractivity contribution in [3.63, 3.8) is 0 Å². The van der Waals surface area contributed by atoms with Crippen LogP contribution in [-0.2, 0) is 29.0 Å². The van der Waals surface area contributed by atoms with Crippen LogP contribution in [0.2, 0.25) is 10.0 Å². The van der Waals surface area contributed by atoms with Crippen molar-refractivity contribution in [2.24, 2.45) is 0 Å². The number of hydrogen-bond acceptors (Lipinski definition) is 2. The van der Waals surface area contributed by atoms with Crippen molar-refractivity contribution in [1.29, 1.82) is 0 Å². The standard InChI is InChI=1S/C27H28Cl2N2O2/c1-3-30-27(33)25(16-20-7-5-4-6-8-20)31(18-22-13-14-23(28)24(29)15-22)26(32)17-21-11-9-19(2)10-12-21/h4-15,25H,3,16-18H2,1-2H3,(H,30,33)/t25-/m1/s1. The van der Waals surface area contributed by atoms with Gasteiger partial charge in [-0.2, -0.15) is 0 Å². The minimum absolute atomic E-state index is 0.128. The molecule has 0 aromatic heterocycles. The predicted molar refractivity (Wildman–Crippen MR) is 135 cm³/mol. The van der Waals surface area contributed by atoms with Crippen LogP contribution in [0.3, 0.4) is 0 Å². The van der Waals surface area contributed by atoms with Crippen molar-refractivity contribution >= 4 is 35.0 Å². The first-order valence-electron chi connectivity index (χ1n) is 11.0.